The monoisotopic (exact) mass is 407 g/mol. The molecule has 6 heteroatoms. The van der Waals surface area contributed by atoms with Gasteiger partial charge in [-0.2, -0.15) is 0 Å². The number of amides is 1. The summed E-state index contributed by atoms with van der Waals surface area (Å²) in [4.78, 5) is 13.3. The Bertz CT molecular complexity index is 1020. The summed E-state index contributed by atoms with van der Waals surface area (Å²) in [5.74, 6) is 0.782. The standard InChI is InChI=1S/C23H25N3O2S/c1-14-11-15(2)13-18(12-14)24-23(27)22-21(17-6-8-19(28-4)9-7-17)25-26-16(3)5-10-20(26)29-22/h5-13,21-22,25H,1-4H3,(H,24,27)/t21-,22+/m0/s1. The fourth-order valence-electron chi connectivity index (χ4n) is 3.70. The van der Waals surface area contributed by atoms with E-state index < -0.39 is 0 Å². The molecule has 0 aliphatic carbocycles. The zero-order valence-electron chi connectivity index (χ0n) is 17.0. The van der Waals surface area contributed by atoms with Crippen LogP contribution in [0.25, 0.3) is 0 Å². The van der Waals surface area contributed by atoms with Crippen molar-refractivity contribution >= 4 is 23.4 Å². The number of nitrogens with one attached hydrogen (secondary N) is 2. The highest BCUT2D eigenvalue weighted by Gasteiger charge is 2.36. The van der Waals surface area contributed by atoms with E-state index in [0.717, 1.165) is 38.8 Å². The summed E-state index contributed by atoms with van der Waals surface area (Å²) in [6, 6.07) is 17.9. The van der Waals surface area contributed by atoms with Gasteiger partial charge in [-0.3, -0.25) is 9.47 Å². The number of methoxy groups -OCH3 is 1. The average Bonchev–Trinajstić information content (AvgIpc) is 3.06. The maximum absolute atomic E-state index is 13.3. The van der Waals surface area contributed by atoms with Crippen molar-refractivity contribution in [2.24, 2.45) is 0 Å². The van der Waals surface area contributed by atoms with E-state index in [9.17, 15) is 4.79 Å². The summed E-state index contributed by atoms with van der Waals surface area (Å²) < 4.78 is 7.34. The molecule has 1 aliphatic heterocycles. The molecule has 2 heterocycles. The third-order valence-electron chi connectivity index (χ3n) is 5.08. The molecule has 0 radical (unpaired) electrons. The van der Waals surface area contributed by atoms with Crippen molar-refractivity contribution in [2.45, 2.75) is 37.1 Å². The summed E-state index contributed by atoms with van der Waals surface area (Å²) in [6.07, 6.45) is 0. The Morgan fingerprint density at radius 2 is 1.72 bits per heavy atom. The summed E-state index contributed by atoms with van der Waals surface area (Å²) >= 11 is 1.58. The van der Waals surface area contributed by atoms with Gasteiger partial charge in [0.15, 0.2) is 0 Å². The summed E-state index contributed by atoms with van der Waals surface area (Å²) in [7, 11) is 1.65. The van der Waals surface area contributed by atoms with Crippen molar-refractivity contribution in [1.82, 2.24) is 4.68 Å². The Morgan fingerprint density at radius 1 is 1.03 bits per heavy atom. The minimum atomic E-state index is -0.314. The molecule has 0 saturated carbocycles. The lowest BCUT2D eigenvalue weighted by atomic mass is 10.0. The first-order valence-electron chi connectivity index (χ1n) is 9.59. The van der Waals surface area contributed by atoms with E-state index in [4.69, 9.17) is 4.74 Å². The number of carbonyl (C=O) groups is 1. The van der Waals surface area contributed by atoms with Crippen LogP contribution in [-0.2, 0) is 4.79 Å². The van der Waals surface area contributed by atoms with Crippen LogP contribution in [0.3, 0.4) is 0 Å². The van der Waals surface area contributed by atoms with Crippen LogP contribution in [0.15, 0.2) is 59.6 Å². The maximum Gasteiger partial charge on any atom is 0.240 e. The smallest absolute Gasteiger partial charge is 0.240 e. The molecule has 0 saturated heterocycles. The van der Waals surface area contributed by atoms with E-state index in [2.05, 4.69) is 34.5 Å². The van der Waals surface area contributed by atoms with Crippen LogP contribution >= 0.6 is 11.8 Å². The van der Waals surface area contributed by atoms with Gasteiger partial charge in [0.25, 0.3) is 0 Å². The Kier molecular flexibility index (Phi) is 5.28. The number of fused-ring (bicyclic) bond motifs is 1. The number of thioether (sulfide) groups is 1. The number of aryl methyl sites for hydroxylation is 3. The minimum Gasteiger partial charge on any atom is -0.497 e. The fourth-order valence-corrected chi connectivity index (χ4v) is 4.93. The maximum atomic E-state index is 13.3. The predicted molar refractivity (Wildman–Crippen MR) is 118 cm³/mol. The quantitative estimate of drug-likeness (QED) is 0.651. The van der Waals surface area contributed by atoms with Gasteiger partial charge in [-0.05, 0) is 73.9 Å². The van der Waals surface area contributed by atoms with Gasteiger partial charge in [0, 0.05) is 11.4 Å². The molecular formula is C23H25N3O2S. The molecule has 3 aromatic rings. The number of hydrogen-bond acceptors (Lipinski definition) is 4. The molecule has 0 spiro atoms. The van der Waals surface area contributed by atoms with Crippen molar-refractivity contribution in [3.63, 3.8) is 0 Å². The van der Waals surface area contributed by atoms with E-state index in [1.165, 1.54) is 0 Å². The van der Waals surface area contributed by atoms with Gasteiger partial charge >= 0.3 is 0 Å². The van der Waals surface area contributed by atoms with Gasteiger partial charge in [-0.15, -0.1) is 0 Å². The average molecular weight is 408 g/mol. The summed E-state index contributed by atoms with van der Waals surface area (Å²) in [5.41, 5.74) is 8.78. The summed E-state index contributed by atoms with van der Waals surface area (Å²) in [6.45, 7) is 6.13. The van der Waals surface area contributed by atoms with E-state index in [1.807, 2.05) is 56.3 Å². The second-order valence-corrected chi connectivity index (χ2v) is 8.59. The van der Waals surface area contributed by atoms with Crippen LogP contribution in [0.1, 0.15) is 28.4 Å². The molecule has 29 heavy (non-hydrogen) atoms. The van der Waals surface area contributed by atoms with Gasteiger partial charge in [0.1, 0.15) is 11.0 Å². The van der Waals surface area contributed by atoms with Crippen molar-refractivity contribution in [1.29, 1.82) is 0 Å². The van der Waals surface area contributed by atoms with E-state index in [0.29, 0.717) is 0 Å². The Balaban J connectivity index is 1.66. The van der Waals surface area contributed by atoms with Gasteiger partial charge in [0.05, 0.1) is 18.2 Å². The Hall–Kier alpha value is -2.86. The van der Waals surface area contributed by atoms with Crippen LogP contribution in [0.4, 0.5) is 5.69 Å². The number of rotatable bonds is 4. The third kappa shape index (κ3) is 3.98. The Morgan fingerprint density at radius 3 is 2.38 bits per heavy atom. The highest BCUT2D eigenvalue weighted by molar-refractivity contribution is 8.00. The van der Waals surface area contributed by atoms with Crippen molar-refractivity contribution in [2.75, 3.05) is 17.9 Å². The molecule has 4 rings (SSSR count). The molecule has 1 aromatic heterocycles. The van der Waals surface area contributed by atoms with E-state index in [1.54, 1.807) is 18.9 Å². The van der Waals surface area contributed by atoms with Crippen molar-refractivity contribution in [3.8, 4) is 5.75 Å². The highest BCUT2D eigenvalue weighted by Crippen LogP contribution is 2.39. The Labute approximate surface area is 175 Å². The molecule has 0 bridgehead atoms. The first kappa shape index (κ1) is 19.5. The fraction of sp³-hybridized carbons (Fsp3) is 0.261. The third-order valence-corrected chi connectivity index (χ3v) is 6.38. The van der Waals surface area contributed by atoms with Gasteiger partial charge < -0.3 is 15.5 Å². The predicted octanol–water partition coefficient (Wildman–Crippen LogP) is 4.82. The molecule has 1 amide bonds. The van der Waals surface area contributed by atoms with Crippen LogP contribution in [0.2, 0.25) is 0 Å². The van der Waals surface area contributed by atoms with Crippen LogP contribution < -0.4 is 15.5 Å². The summed E-state index contributed by atoms with van der Waals surface area (Å²) in [5, 5.41) is 3.84. The first-order chi connectivity index (χ1) is 13.9. The zero-order chi connectivity index (χ0) is 20.5. The lowest BCUT2D eigenvalue weighted by molar-refractivity contribution is -0.116. The zero-order valence-corrected chi connectivity index (χ0v) is 17.8. The van der Waals surface area contributed by atoms with Crippen LogP contribution in [0, 0.1) is 20.8 Å². The van der Waals surface area contributed by atoms with Gasteiger partial charge in [-0.25, -0.2) is 0 Å². The largest absolute Gasteiger partial charge is 0.497 e. The molecule has 0 fully saturated rings. The highest BCUT2D eigenvalue weighted by atomic mass is 32.2. The van der Waals surface area contributed by atoms with Gasteiger partial charge in [-0.1, -0.05) is 30.0 Å². The van der Waals surface area contributed by atoms with Gasteiger partial charge in [0.2, 0.25) is 5.91 Å². The molecule has 150 valence electrons. The lowest BCUT2D eigenvalue weighted by Gasteiger charge is -2.34. The topological polar surface area (TPSA) is 55.3 Å². The number of ether oxygens (including phenoxy) is 1. The minimum absolute atomic E-state index is 0.0154. The number of aromatic nitrogens is 1. The van der Waals surface area contributed by atoms with E-state index in [-0.39, 0.29) is 17.2 Å². The lowest BCUT2D eigenvalue weighted by Crippen LogP contribution is -2.41. The molecule has 2 aromatic carbocycles. The molecule has 1 aliphatic rings. The second kappa shape index (κ2) is 7.87. The second-order valence-electron chi connectivity index (χ2n) is 7.43. The number of carbonyl (C=O) groups excluding carboxylic acids is 1. The molecule has 0 unspecified atom stereocenters. The van der Waals surface area contributed by atoms with Crippen LogP contribution in [0.5, 0.6) is 5.75 Å². The van der Waals surface area contributed by atoms with Crippen LogP contribution in [-0.4, -0.2) is 22.9 Å². The molecular weight excluding hydrogens is 382 g/mol. The number of anilines is 1. The SMILES string of the molecule is COc1ccc([C@@H]2Nn3c(C)ccc3S[C@H]2C(=O)Nc2cc(C)cc(C)c2)cc1. The molecule has 5 nitrogen and oxygen atoms in total. The number of nitrogens with zero attached hydrogens (tertiary/aromatic N) is 1. The molecule has 2 N–H and O–H groups in total. The first-order valence-corrected chi connectivity index (χ1v) is 10.5. The van der Waals surface area contributed by atoms with Crippen molar-refractivity contribution < 1.29 is 9.53 Å². The van der Waals surface area contributed by atoms with Crippen molar-refractivity contribution in [3.05, 3.63) is 77.0 Å². The molecule has 2 atom stereocenters. The number of hydrogen-bond donors (Lipinski definition) is 2. The number of benzene rings is 2. The normalized spacial score (nSPS) is 17.9. The van der Waals surface area contributed by atoms with E-state index >= 15 is 0 Å².